The second-order valence-corrected chi connectivity index (χ2v) is 17.5. The summed E-state index contributed by atoms with van der Waals surface area (Å²) in [6, 6.07) is 66.3. The fraction of sp³-hybridized carbons (Fsp3) is 0.109. The third-order valence-corrected chi connectivity index (χ3v) is 14.9. The molecule has 0 amide bonds. The molecular formula is C55H38N2S. The van der Waals surface area contributed by atoms with Gasteiger partial charge in [0.2, 0.25) is 0 Å². The summed E-state index contributed by atoms with van der Waals surface area (Å²) >= 11 is 1.86. The van der Waals surface area contributed by atoms with Gasteiger partial charge < -0.3 is 0 Å². The average Bonchev–Trinajstić information content (AvgIpc) is 3.96. The Balaban J connectivity index is 1.09. The number of hydrogen-bond donors (Lipinski definition) is 0. The second kappa shape index (κ2) is 12.0. The summed E-state index contributed by atoms with van der Waals surface area (Å²) < 4.78 is 3.80. The van der Waals surface area contributed by atoms with E-state index >= 15 is 0 Å². The number of para-hydroxylation sites is 1. The van der Waals surface area contributed by atoms with Gasteiger partial charge in [-0.05, 0) is 96.4 Å². The van der Waals surface area contributed by atoms with E-state index in [0.29, 0.717) is 5.92 Å². The number of aromatic nitrogens is 1. The lowest BCUT2D eigenvalue weighted by atomic mass is 9.69. The van der Waals surface area contributed by atoms with Crippen LogP contribution in [0.1, 0.15) is 59.1 Å². The van der Waals surface area contributed by atoms with Gasteiger partial charge in [-0.3, -0.25) is 4.57 Å². The molecule has 2 aliphatic carbocycles. The Hall–Kier alpha value is -6.55. The van der Waals surface area contributed by atoms with Crippen LogP contribution >= 0.6 is 11.3 Å². The zero-order chi connectivity index (χ0) is 38.1. The molecule has 2 atom stereocenters. The van der Waals surface area contributed by atoms with Crippen molar-refractivity contribution >= 4 is 64.8 Å². The Labute approximate surface area is 341 Å². The molecule has 13 rings (SSSR count). The summed E-state index contributed by atoms with van der Waals surface area (Å²) in [5.41, 5.74) is 15.9. The number of nitrogens with zero attached hydrogens (tertiary/aromatic N) is 2. The van der Waals surface area contributed by atoms with E-state index < -0.39 is 0 Å². The van der Waals surface area contributed by atoms with Gasteiger partial charge in [-0.1, -0.05) is 165 Å². The molecule has 3 heteroatoms. The van der Waals surface area contributed by atoms with Gasteiger partial charge >= 0.3 is 0 Å². The number of thiophene rings is 1. The molecule has 2 aromatic heterocycles. The van der Waals surface area contributed by atoms with Crippen LogP contribution in [0.25, 0.3) is 64.9 Å². The highest BCUT2D eigenvalue weighted by Gasteiger charge is 2.52. The Morgan fingerprint density at radius 2 is 1.17 bits per heavy atom. The molecule has 0 saturated heterocycles. The van der Waals surface area contributed by atoms with Crippen molar-refractivity contribution in [3.05, 3.63) is 209 Å². The molecule has 1 aliphatic heterocycles. The first-order valence-corrected chi connectivity index (χ1v) is 21.5. The lowest BCUT2D eigenvalue weighted by molar-refractivity contribution is 0.472. The van der Waals surface area contributed by atoms with Crippen molar-refractivity contribution in [3.8, 4) is 22.3 Å². The van der Waals surface area contributed by atoms with E-state index in [4.69, 9.17) is 4.99 Å². The highest BCUT2D eigenvalue weighted by molar-refractivity contribution is 7.22. The van der Waals surface area contributed by atoms with E-state index in [1.54, 1.807) is 0 Å². The minimum Gasteiger partial charge on any atom is -0.297 e. The lowest BCUT2D eigenvalue weighted by Gasteiger charge is -2.32. The summed E-state index contributed by atoms with van der Waals surface area (Å²) in [6.45, 7) is 2.40. The van der Waals surface area contributed by atoms with E-state index in [2.05, 4.69) is 187 Å². The molecule has 1 spiro atoms. The minimum absolute atomic E-state index is 0.136. The van der Waals surface area contributed by atoms with Gasteiger partial charge in [0.05, 0.1) is 16.4 Å². The third-order valence-electron chi connectivity index (χ3n) is 13.8. The molecule has 10 aromatic rings. The fourth-order valence-corrected chi connectivity index (χ4v) is 12.6. The molecule has 1 unspecified atom stereocenters. The Morgan fingerprint density at radius 3 is 1.93 bits per heavy atom. The number of rotatable bonds is 2. The number of aliphatic imine (C=N–C) groups is 1. The molecule has 2 nitrogen and oxygen atoms in total. The lowest BCUT2D eigenvalue weighted by Crippen LogP contribution is -2.26. The Kier molecular flexibility index (Phi) is 6.72. The normalized spacial score (nSPS) is 17.3. The van der Waals surface area contributed by atoms with Gasteiger partial charge in [-0.15, -0.1) is 11.3 Å². The van der Waals surface area contributed by atoms with Crippen LogP contribution in [-0.4, -0.2) is 10.4 Å². The van der Waals surface area contributed by atoms with E-state index in [-0.39, 0.29) is 11.3 Å². The molecule has 0 radical (unpaired) electrons. The van der Waals surface area contributed by atoms with Gasteiger partial charge in [0, 0.05) is 33.4 Å². The molecular weight excluding hydrogens is 721 g/mol. The number of benzene rings is 8. The molecule has 58 heavy (non-hydrogen) atoms. The third kappa shape index (κ3) is 4.14. The topological polar surface area (TPSA) is 17.3 Å². The minimum atomic E-state index is -0.380. The van der Waals surface area contributed by atoms with Crippen LogP contribution in [0.3, 0.4) is 0 Å². The fourth-order valence-electron chi connectivity index (χ4n) is 11.5. The van der Waals surface area contributed by atoms with Crippen LogP contribution in [0.5, 0.6) is 0 Å². The van der Waals surface area contributed by atoms with Crippen molar-refractivity contribution in [2.75, 3.05) is 0 Å². The van der Waals surface area contributed by atoms with Gasteiger partial charge in [0.25, 0.3) is 0 Å². The first kappa shape index (κ1) is 32.5. The van der Waals surface area contributed by atoms with Gasteiger partial charge in [-0.2, -0.15) is 0 Å². The van der Waals surface area contributed by atoms with Crippen LogP contribution < -0.4 is 0 Å². The maximum absolute atomic E-state index is 5.84. The monoisotopic (exact) mass is 758 g/mol. The first-order valence-electron chi connectivity index (χ1n) is 20.7. The molecule has 0 bridgehead atoms. The van der Waals surface area contributed by atoms with Crippen LogP contribution in [-0.2, 0) is 5.41 Å². The van der Waals surface area contributed by atoms with E-state index in [1.165, 1.54) is 98.3 Å². The second-order valence-electron chi connectivity index (χ2n) is 16.4. The van der Waals surface area contributed by atoms with Gasteiger partial charge in [-0.25, -0.2) is 4.99 Å². The molecule has 274 valence electrons. The van der Waals surface area contributed by atoms with E-state index in [0.717, 1.165) is 23.7 Å². The van der Waals surface area contributed by atoms with Crippen molar-refractivity contribution in [2.45, 2.75) is 31.1 Å². The van der Waals surface area contributed by atoms with Crippen LogP contribution in [0.2, 0.25) is 0 Å². The summed E-state index contributed by atoms with van der Waals surface area (Å²) in [5, 5.41) is 7.54. The first-order chi connectivity index (χ1) is 28.7. The number of hydrogen-bond acceptors (Lipinski definition) is 2. The largest absolute Gasteiger partial charge is 0.297 e. The highest BCUT2D eigenvalue weighted by Crippen LogP contribution is 2.65. The van der Waals surface area contributed by atoms with Crippen molar-refractivity contribution < 1.29 is 0 Å². The van der Waals surface area contributed by atoms with Crippen molar-refractivity contribution in [1.29, 1.82) is 0 Å². The maximum atomic E-state index is 5.84. The van der Waals surface area contributed by atoms with Gasteiger partial charge in [0.15, 0.2) is 0 Å². The SMILES string of the molecule is CC[C@@H]1CC(n2c3ccccc3c3cc4ccccc4cc32)=Nc2sc3ccccc3c2C1c1cccc2c1-c1ccccc1C21c2ccccc2-c2ccccc21. The Bertz CT molecular complexity index is 3350. The smallest absolute Gasteiger partial charge is 0.123 e. The molecule has 0 N–H and O–H groups in total. The highest BCUT2D eigenvalue weighted by atomic mass is 32.1. The zero-order valence-electron chi connectivity index (χ0n) is 32.1. The summed E-state index contributed by atoms with van der Waals surface area (Å²) in [5.74, 6) is 1.57. The quantitative estimate of drug-likeness (QED) is 0.167. The molecule has 3 aliphatic rings. The summed E-state index contributed by atoms with van der Waals surface area (Å²) in [7, 11) is 0. The van der Waals surface area contributed by atoms with Crippen molar-refractivity contribution in [3.63, 3.8) is 0 Å². The summed E-state index contributed by atoms with van der Waals surface area (Å²) in [4.78, 5) is 5.84. The van der Waals surface area contributed by atoms with Crippen molar-refractivity contribution in [1.82, 2.24) is 4.57 Å². The Morgan fingerprint density at radius 1 is 0.569 bits per heavy atom. The van der Waals surface area contributed by atoms with Gasteiger partial charge in [0.1, 0.15) is 10.8 Å². The van der Waals surface area contributed by atoms with Crippen LogP contribution in [0.4, 0.5) is 5.00 Å². The molecule has 3 heterocycles. The van der Waals surface area contributed by atoms with Crippen molar-refractivity contribution in [2.24, 2.45) is 10.9 Å². The summed E-state index contributed by atoms with van der Waals surface area (Å²) in [6.07, 6.45) is 1.88. The maximum Gasteiger partial charge on any atom is 0.123 e. The number of fused-ring (bicyclic) bond motifs is 17. The van der Waals surface area contributed by atoms with E-state index in [1.807, 2.05) is 11.3 Å². The average molecular weight is 759 g/mol. The van der Waals surface area contributed by atoms with Crippen LogP contribution in [0.15, 0.2) is 181 Å². The molecule has 0 saturated carbocycles. The van der Waals surface area contributed by atoms with E-state index in [9.17, 15) is 0 Å². The predicted molar refractivity (Wildman–Crippen MR) is 244 cm³/mol. The predicted octanol–water partition coefficient (Wildman–Crippen LogP) is 14.6. The zero-order valence-corrected chi connectivity index (χ0v) is 32.9. The molecule has 0 fully saturated rings. The standard InChI is InChI=1S/C55H38N2S/c1-2-33-32-50(57-47-28-13-8-20-38(47)42-30-34-16-3-4-17-35(34)31-48(42)57)56-54-53(40-22-9-14-29-49(40)58-54)51(33)41-23-15-27-46-52(41)39-21-7-12-26-45(39)55(46)43-24-10-5-18-36(43)37-19-6-11-25-44(37)55/h3-31,33,51H,2,32H2,1H3/t33-,51?/m1/s1. The molecule has 8 aromatic carbocycles. The van der Waals surface area contributed by atoms with Crippen LogP contribution in [0, 0.1) is 5.92 Å².